The van der Waals surface area contributed by atoms with Crippen molar-refractivity contribution in [1.29, 1.82) is 0 Å². The van der Waals surface area contributed by atoms with Crippen molar-refractivity contribution >= 4 is 5.97 Å². The van der Waals surface area contributed by atoms with Gasteiger partial charge < -0.3 is 9.64 Å². The van der Waals surface area contributed by atoms with Crippen LogP contribution >= 0.6 is 0 Å². The maximum atomic E-state index is 12.2. The topological polar surface area (TPSA) is 29.5 Å². The van der Waals surface area contributed by atoms with E-state index in [2.05, 4.69) is 38.9 Å². The van der Waals surface area contributed by atoms with E-state index in [1.807, 2.05) is 0 Å². The van der Waals surface area contributed by atoms with E-state index in [1.165, 1.54) is 193 Å². The molecule has 0 aliphatic carbocycles. The maximum Gasteiger partial charge on any atom is 0.305 e. The Morgan fingerprint density at radius 1 is 0.447 bits per heavy atom. The maximum absolute atomic E-state index is 12.2. The smallest absolute Gasteiger partial charge is 0.305 e. The monoisotopic (exact) mass is 662 g/mol. The van der Waals surface area contributed by atoms with Gasteiger partial charge in [-0.25, -0.2) is 0 Å². The number of nitrogens with zero attached hydrogens (tertiary/aromatic N) is 1. The van der Waals surface area contributed by atoms with E-state index in [0.29, 0.717) is 13.0 Å². The predicted molar refractivity (Wildman–Crippen MR) is 211 cm³/mol. The quantitative estimate of drug-likeness (QED) is 0.0373. The molecule has 0 unspecified atom stereocenters. The van der Waals surface area contributed by atoms with E-state index in [9.17, 15) is 4.79 Å². The van der Waals surface area contributed by atoms with E-state index in [0.717, 1.165) is 32.2 Å². The van der Waals surface area contributed by atoms with Gasteiger partial charge in [0.05, 0.1) is 6.61 Å². The average Bonchev–Trinajstić information content (AvgIpc) is 3.06. The summed E-state index contributed by atoms with van der Waals surface area (Å²) >= 11 is 0. The van der Waals surface area contributed by atoms with Crippen LogP contribution < -0.4 is 0 Å². The van der Waals surface area contributed by atoms with E-state index >= 15 is 0 Å². The second-order valence-electron chi connectivity index (χ2n) is 15.2. The number of unbranched alkanes of at least 4 members (excludes halogenated alkanes) is 28. The number of carbonyl (C=O) groups excluding carboxylic acids is 1. The lowest BCUT2D eigenvalue weighted by atomic mass is 9.97. The number of hydrogen-bond acceptors (Lipinski definition) is 3. The van der Waals surface area contributed by atoms with Crippen LogP contribution in [0.1, 0.15) is 239 Å². The van der Waals surface area contributed by atoms with Crippen molar-refractivity contribution in [3.05, 3.63) is 11.6 Å². The molecule has 0 saturated carbocycles. The lowest BCUT2D eigenvalue weighted by molar-refractivity contribution is -0.143. The summed E-state index contributed by atoms with van der Waals surface area (Å²) in [7, 11) is 4.18. The Bertz CT molecular complexity index is 609. The average molecular weight is 662 g/mol. The highest BCUT2D eigenvalue weighted by molar-refractivity contribution is 5.69. The minimum absolute atomic E-state index is 0.0104. The van der Waals surface area contributed by atoms with Crippen molar-refractivity contribution < 1.29 is 9.53 Å². The zero-order valence-electron chi connectivity index (χ0n) is 33.0. The highest BCUT2D eigenvalue weighted by Crippen LogP contribution is 2.21. The summed E-state index contributed by atoms with van der Waals surface area (Å²) in [5.74, 6) is -0.0104. The molecule has 0 bridgehead atoms. The molecular formula is C44H87NO2. The molecule has 0 spiro atoms. The SMILES string of the molecule is CCCCCCCCCCCCCCCCC(=CCCCC(=O)OCCCCN(C)C)CCCCCCCCCCCCCCCC. The Hall–Kier alpha value is -0.830. The number of esters is 1. The van der Waals surface area contributed by atoms with Gasteiger partial charge in [-0.2, -0.15) is 0 Å². The predicted octanol–water partition coefficient (Wildman–Crippen LogP) is 14.7. The fourth-order valence-corrected chi connectivity index (χ4v) is 6.76. The Kier molecular flexibility index (Phi) is 38.9. The molecule has 0 saturated heterocycles. The lowest BCUT2D eigenvalue weighted by Crippen LogP contribution is -2.14. The molecule has 3 nitrogen and oxygen atoms in total. The summed E-state index contributed by atoms with van der Waals surface area (Å²) < 4.78 is 5.47. The van der Waals surface area contributed by atoms with Crippen molar-refractivity contribution in [3.63, 3.8) is 0 Å². The van der Waals surface area contributed by atoms with Crippen LogP contribution in [0.3, 0.4) is 0 Å². The number of rotatable bonds is 39. The minimum atomic E-state index is -0.0104. The molecule has 47 heavy (non-hydrogen) atoms. The molecule has 0 aromatic carbocycles. The first-order valence-corrected chi connectivity index (χ1v) is 21.6. The fourth-order valence-electron chi connectivity index (χ4n) is 6.76. The minimum Gasteiger partial charge on any atom is -0.466 e. The third kappa shape index (κ3) is 39.5. The second kappa shape index (κ2) is 39.6. The Labute approximate surface area is 297 Å². The summed E-state index contributed by atoms with van der Waals surface area (Å²) in [5.41, 5.74) is 1.67. The molecule has 3 heteroatoms. The molecule has 0 atom stereocenters. The van der Waals surface area contributed by atoms with Crippen molar-refractivity contribution in [1.82, 2.24) is 4.90 Å². The van der Waals surface area contributed by atoms with Crippen LogP contribution in [0.4, 0.5) is 0 Å². The first-order valence-electron chi connectivity index (χ1n) is 21.6. The molecule has 0 N–H and O–H groups in total. The van der Waals surface area contributed by atoms with Crippen molar-refractivity contribution in [3.8, 4) is 0 Å². The normalized spacial score (nSPS) is 11.4. The van der Waals surface area contributed by atoms with Crippen LogP contribution in [-0.2, 0) is 9.53 Å². The van der Waals surface area contributed by atoms with Crippen LogP contribution in [-0.4, -0.2) is 38.1 Å². The summed E-state index contributed by atoms with van der Waals surface area (Å²) in [5, 5.41) is 0. The Morgan fingerprint density at radius 2 is 0.809 bits per heavy atom. The summed E-state index contributed by atoms with van der Waals surface area (Å²) in [6.07, 6.45) is 49.4. The highest BCUT2D eigenvalue weighted by Gasteiger charge is 2.04. The lowest BCUT2D eigenvalue weighted by Gasteiger charge is -2.10. The number of hydrogen-bond donors (Lipinski definition) is 0. The molecule has 0 radical (unpaired) electrons. The van der Waals surface area contributed by atoms with Crippen molar-refractivity contribution in [2.45, 2.75) is 239 Å². The molecule has 0 amide bonds. The van der Waals surface area contributed by atoms with E-state index < -0.39 is 0 Å². The van der Waals surface area contributed by atoms with Gasteiger partial charge in [-0.05, 0) is 72.0 Å². The number of allylic oxidation sites excluding steroid dienone is 2. The van der Waals surface area contributed by atoms with Gasteiger partial charge in [0.15, 0.2) is 0 Å². The fraction of sp³-hybridized carbons (Fsp3) is 0.932. The highest BCUT2D eigenvalue weighted by atomic mass is 16.5. The molecular weight excluding hydrogens is 574 g/mol. The molecule has 0 aliphatic rings. The van der Waals surface area contributed by atoms with Gasteiger partial charge in [0, 0.05) is 6.42 Å². The summed E-state index contributed by atoms with van der Waals surface area (Å²) in [6.45, 7) is 6.24. The molecule has 0 aromatic rings. The van der Waals surface area contributed by atoms with Crippen LogP contribution in [0, 0.1) is 0 Å². The molecule has 0 aromatic heterocycles. The van der Waals surface area contributed by atoms with Gasteiger partial charge in [0.2, 0.25) is 0 Å². The van der Waals surface area contributed by atoms with Crippen molar-refractivity contribution in [2.24, 2.45) is 0 Å². The van der Waals surface area contributed by atoms with Crippen LogP contribution in [0.5, 0.6) is 0 Å². The molecule has 280 valence electrons. The van der Waals surface area contributed by atoms with E-state index in [1.54, 1.807) is 5.57 Å². The first kappa shape index (κ1) is 46.2. The van der Waals surface area contributed by atoms with Gasteiger partial charge in [-0.1, -0.05) is 192 Å². The van der Waals surface area contributed by atoms with Gasteiger partial charge in [0.25, 0.3) is 0 Å². The Morgan fingerprint density at radius 3 is 1.17 bits per heavy atom. The standard InChI is InChI=1S/C44H87NO2/c1-5-7-9-11-13-15-17-19-21-23-25-27-29-31-37-43(39-33-34-40-44(46)47-42-36-35-41-45(3)4)38-32-30-28-26-24-22-20-18-16-14-12-10-8-6-2/h39H,5-38,40-42H2,1-4H3. The van der Waals surface area contributed by atoms with Gasteiger partial charge >= 0.3 is 5.97 Å². The number of carbonyl (C=O) groups is 1. The zero-order valence-corrected chi connectivity index (χ0v) is 33.0. The zero-order chi connectivity index (χ0) is 34.3. The third-order valence-corrected chi connectivity index (χ3v) is 9.98. The molecule has 0 fully saturated rings. The number of ether oxygens (including phenoxy) is 1. The third-order valence-electron chi connectivity index (χ3n) is 9.98. The van der Waals surface area contributed by atoms with E-state index in [4.69, 9.17) is 4.74 Å². The van der Waals surface area contributed by atoms with Gasteiger partial charge in [0.1, 0.15) is 0 Å². The van der Waals surface area contributed by atoms with E-state index in [-0.39, 0.29) is 5.97 Å². The van der Waals surface area contributed by atoms with Gasteiger partial charge in [-0.3, -0.25) is 4.79 Å². The van der Waals surface area contributed by atoms with Crippen LogP contribution in [0.25, 0.3) is 0 Å². The second-order valence-corrected chi connectivity index (χ2v) is 15.2. The van der Waals surface area contributed by atoms with Crippen LogP contribution in [0.15, 0.2) is 11.6 Å². The molecule has 0 heterocycles. The summed E-state index contributed by atoms with van der Waals surface area (Å²) in [4.78, 5) is 14.4. The van der Waals surface area contributed by atoms with Crippen LogP contribution in [0.2, 0.25) is 0 Å². The Balaban J connectivity index is 4.10. The molecule has 0 aliphatic heterocycles. The molecule has 0 rings (SSSR count). The van der Waals surface area contributed by atoms with Crippen molar-refractivity contribution in [2.75, 3.05) is 27.2 Å². The summed E-state index contributed by atoms with van der Waals surface area (Å²) in [6, 6.07) is 0. The van der Waals surface area contributed by atoms with Gasteiger partial charge in [-0.15, -0.1) is 0 Å². The largest absolute Gasteiger partial charge is 0.466 e. The first-order chi connectivity index (χ1) is 23.1.